The predicted molar refractivity (Wildman–Crippen MR) is 63.4 cm³/mol. The van der Waals surface area contributed by atoms with Gasteiger partial charge in [0.1, 0.15) is 0 Å². The van der Waals surface area contributed by atoms with Crippen LogP contribution >= 0.6 is 11.3 Å². The molecule has 0 aliphatic carbocycles. The minimum absolute atomic E-state index is 0.241. The summed E-state index contributed by atoms with van der Waals surface area (Å²) in [4.78, 5) is 0. The van der Waals surface area contributed by atoms with E-state index in [1.807, 2.05) is 16.8 Å². The molecule has 15 heavy (non-hydrogen) atoms. The molecule has 0 bridgehead atoms. The van der Waals surface area contributed by atoms with E-state index < -0.39 is 15.1 Å². The Morgan fingerprint density at radius 2 is 2.27 bits per heavy atom. The molecular weight excluding hydrogens is 232 g/mol. The molecule has 3 N–H and O–H groups in total. The summed E-state index contributed by atoms with van der Waals surface area (Å²) in [5.74, 6) is 5.38. The first-order valence-corrected chi connectivity index (χ1v) is 7.51. The third-order valence-electron chi connectivity index (χ3n) is 2.49. The van der Waals surface area contributed by atoms with E-state index in [0.717, 1.165) is 5.56 Å². The van der Waals surface area contributed by atoms with Crippen LogP contribution in [0.25, 0.3) is 0 Å². The Morgan fingerprint density at radius 3 is 2.67 bits per heavy atom. The molecule has 0 radical (unpaired) electrons. The van der Waals surface area contributed by atoms with Crippen molar-refractivity contribution in [1.82, 2.24) is 5.43 Å². The van der Waals surface area contributed by atoms with E-state index in [1.54, 1.807) is 18.3 Å². The quantitative estimate of drug-likeness (QED) is 0.590. The number of sulfone groups is 1. The molecule has 2 atom stereocenters. The zero-order valence-electron chi connectivity index (χ0n) is 8.80. The van der Waals surface area contributed by atoms with Crippen molar-refractivity contribution >= 4 is 21.2 Å². The normalized spacial score (nSPS) is 16.2. The van der Waals surface area contributed by atoms with Crippen LogP contribution in [-0.2, 0) is 16.3 Å². The average Bonchev–Trinajstić information content (AvgIpc) is 2.64. The monoisotopic (exact) mass is 248 g/mol. The number of thiophene rings is 1. The first-order chi connectivity index (χ1) is 6.95. The number of nitrogens with one attached hydrogen (secondary N) is 1. The van der Waals surface area contributed by atoms with Crippen molar-refractivity contribution in [2.75, 3.05) is 6.26 Å². The zero-order valence-corrected chi connectivity index (χ0v) is 10.4. The van der Waals surface area contributed by atoms with Crippen LogP contribution in [0.4, 0.5) is 0 Å². The molecule has 2 unspecified atom stereocenters. The van der Waals surface area contributed by atoms with E-state index in [-0.39, 0.29) is 6.04 Å². The van der Waals surface area contributed by atoms with Crippen LogP contribution in [0.15, 0.2) is 16.8 Å². The largest absolute Gasteiger partial charge is 0.271 e. The zero-order chi connectivity index (χ0) is 11.5. The van der Waals surface area contributed by atoms with Gasteiger partial charge < -0.3 is 0 Å². The number of nitrogens with two attached hydrogens (primary N) is 1. The molecule has 1 heterocycles. The highest BCUT2D eigenvalue weighted by molar-refractivity contribution is 7.91. The molecular formula is C9H16N2O2S2. The number of hydrogen-bond acceptors (Lipinski definition) is 5. The summed E-state index contributed by atoms with van der Waals surface area (Å²) >= 11 is 1.59. The molecule has 0 aromatic carbocycles. The van der Waals surface area contributed by atoms with Crippen LogP contribution in [0.2, 0.25) is 0 Å². The maximum atomic E-state index is 11.4. The SMILES string of the molecule is CC(C(Cc1ccsc1)NN)S(C)(=O)=O. The summed E-state index contributed by atoms with van der Waals surface area (Å²) in [5, 5.41) is 3.48. The highest BCUT2D eigenvalue weighted by atomic mass is 32.2. The van der Waals surface area contributed by atoms with E-state index in [4.69, 9.17) is 5.84 Å². The van der Waals surface area contributed by atoms with Crippen LogP contribution in [0, 0.1) is 0 Å². The molecule has 4 nitrogen and oxygen atoms in total. The molecule has 86 valence electrons. The fourth-order valence-electron chi connectivity index (χ4n) is 1.32. The van der Waals surface area contributed by atoms with Crippen molar-refractivity contribution in [3.05, 3.63) is 22.4 Å². The Bertz CT molecular complexity index is 386. The summed E-state index contributed by atoms with van der Waals surface area (Å²) in [5.41, 5.74) is 3.68. The van der Waals surface area contributed by atoms with Crippen molar-refractivity contribution in [3.63, 3.8) is 0 Å². The van der Waals surface area contributed by atoms with Gasteiger partial charge in [-0.3, -0.25) is 11.3 Å². The van der Waals surface area contributed by atoms with Crippen molar-refractivity contribution in [1.29, 1.82) is 0 Å². The summed E-state index contributed by atoms with van der Waals surface area (Å²) in [6.07, 6.45) is 1.86. The van der Waals surface area contributed by atoms with E-state index >= 15 is 0 Å². The molecule has 1 aromatic rings. The summed E-state index contributed by atoms with van der Waals surface area (Å²) in [6, 6.07) is 1.74. The standard InChI is InChI=1S/C9H16N2O2S2/c1-7(15(2,12)13)9(11-10)5-8-3-4-14-6-8/h3-4,6-7,9,11H,5,10H2,1-2H3. The molecule has 1 rings (SSSR count). The highest BCUT2D eigenvalue weighted by Crippen LogP contribution is 2.13. The second-order valence-electron chi connectivity index (χ2n) is 3.64. The average molecular weight is 248 g/mol. The maximum absolute atomic E-state index is 11.4. The molecule has 0 saturated heterocycles. The van der Waals surface area contributed by atoms with Crippen molar-refractivity contribution < 1.29 is 8.42 Å². The summed E-state index contributed by atoms with van der Waals surface area (Å²) in [6.45, 7) is 1.67. The molecule has 6 heteroatoms. The topological polar surface area (TPSA) is 72.2 Å². The van der Waals surface area contributed by atoms with E-state index in [9.17, 15) is 8.42 Å². The fraction of sp³-hybridized carbons (Fsp3) is 0.556. The van der Waals surface area contributed by atoms with Gasteiger partial charge in [0.15, 0.2) is 9.84 Å². The van der Waals surface area contributed by atoms with Gasteiger partial charge in [-0.15, -0.1) is 0 Å². The number of hydrazine groups is 1. The lowest BCUT2D eigenvalue weighted by atomic mass is 10.1. The maximum Gasteiger partial charge on any atom is 0.151 e. The molecule has 0 amide bonds. The molecule has 0 aliphatic heterocycles. The van der Waals surface area contributed by atoms with Crippen molar-refractivity contribution in [3.8, 4) is 0 Å². The molecule has 0 saturated carbocycles. The second kappa shape index (κ2) is 5.07. The number of hydrogen-bond donors (Lipinski definition) is 2. The molecule has 0 fully saturated rings. The van der Waals surface area contributed by atoms with Gasteiger partial charge in [-0.2, -0.15) is 11.3 Å². The van der Waals surface area contributed by atoms with Gasteiger partial charge in [-0.05, 0) is 35.7 Å². The van der Waals surface area contributed by atoms with Crippen LogP contribution in [0.1, 0.15) is 12.5 Å². The van der Waals surface area contributed by atoms with Crippen molar-refractivity contribution in [2.45, 2.75) is 24.6 Å². The van der Waals surface area contributed by atoms with Crippen LogP contribution in [0.3, 0.4) is 0 Å². The van der Waals surface area contributed by atoms with Crippen LogP contribution < -0.4 is 11.3 Å². The Balaban J connectivity index is 2.73. The van der Waals surface area contributed by atoms with Gasteiger partial charge in [-0.1, -0.05) is 0 Å². The smallest absolute Gasteiger partial charge is 0.151 e. The van der Waals surface area contributed by atoms with Gasteiger partial charge in [0, 0.05) is 12.3 Å². The molecule has 0 spiro atoms. The van der Waals surface area contributed by atoms with Gasteiger partial charge in [0.05, 0.1) is 5.25 Å². The highest BCUT2D eigenvalue weighted by Gasteiger charge is 2.25. The third kappa shape index (κ3) is 3.57. The Kier molecular flexibility index (Phi) is 4.27. The second-order valence-corrected chi connectivity index (χ2v) is 6.83. The first-order valence-electron chi connectivity index (χ1n) is 4.61. The van der Waals surface area contributed by atoms with E-state index in [0.29, 0.717) is 6.42 Å². The first kappa shape index (κ1) is 12.6. The molecule has 0 aliphatic rings. The van der Waals surface area contributed by atoms with Gasteiger partial charge >= 0.3 is 0 Å². The third-order valence-corrected chi connectivity index (χ3v) is 4.90. The predicted octanol–water partition coefficient (Wildman–Crippen LogP) is 0.556. The van der Waals surface area contributed by atoms with Crippen molar-refractivity contribution in [2.24, 2.45) is 5.84 Å². The van der Waals surface area contributed by atoms with Crippen LogP contribution in [-0.4, -0.2) is 26.0 Å². The van der Waals surface area contributed by atoms with Gasteiger partial charge in [-0.25, -0.2) is 8.42 Å². The summed E-state index contributed by atoms with van der Waals surface area (Å²) < 4.78 is 22.7. The number of rotatable bonds is 5. The lowest BCUT2D eigenvalue weighted by molar-refractivity contribution is 0.494. The minimum atomic E-state index is -3.06. The lowest BCUT2D eigenvalue weighted by Crippen LogP contribution is -2.47. The Labute approximate surface area is 94.4 Å². The Hall–Kier alpha value is -0.430. The van der Waals surface area contributed by atoms with E-state index in [2.05, 4.69) is 5.43 Å². The lowest BCUT2D eigenvalue weighted by Gasteiger charge is -2.21. The van der Waals surface area contributed by atoms with Gasteiger partial charge in [0.25, 0.3) is 0 Å². The van der Waals surface area contributed by atoms with Gasteiger partial charge in [0.2, 0.25) is 0 Å². The fourth-order valence-corrected chi connectivity index (χ4v) is 2.77. The van der Waals surface area contributed by atoms with E-state index in [1.165, 1.54) is 6.26 Å². The molecule has 1 aromatic heterocycles. The van der Waals surface area contributed by atoms with Crippen LogP contribution in [0.5, 0.6) is 0 Å². The minimum Gasteiger partial charge on any atom is -0.271 e. The Morgan fingerprint density at radius 1 is 1.60 bits per heavy atom. The summed E-state index contributed by atoms with van der Waals surface area (Å²) in [7, 11) is -3.06.